The molecule has 0 aliphatic carbocycles. The lowest BCUT2D eigenvalue weighted by molar-refractivity contribution is 0.317. The predicted octanol–water partition coefficient (Wildman–Crippen LogP) is 3.27. The molecular formula is C16H20N2O. The molecule has 3 rings (SSSR count). The third-order valence-electron chi connectivity index (χ3n) is 3.59. The van der Waals surface area contributed by atoms with Gasteiger partial charge in [0.1, 0.15) is 0 Å². The van der Waals surface area contributed by atoms with Crippen LogP contribution in [0.3, 0.4) is 0 Å². The first-order valence-corrected chi connectivity index (χ1v) is 6.86. The van der Waals surface area contributed by atoms with Gasteiger partial charge in [0, 0.05) is 30.9 Å². The molecule has 0 bridgehead atoms. The van der Waals surface area contributed by atoms with Crippen LogP contribution in [0, 0.1) is 0 Å². The van der Waals surface area contributed by atoms with Crippen molar-refractivity contribution in [1.82, 2.24) is 4.90 Å². The van der Waals surface area contributed by atoms with Crippen molar-refractivity contribution < 1.29 is 4.42 Å². The van der Waals surface area contributed by atoms with Crippen molar-refractivity contribution in [2.24, 2.45) is 0 Å². The zero-order chi connectivity index (χ0) is 13.1. The van der Waals surface area contributed by atoms with Crippen LogP contribution < -0.4 is 5.32 Å². The van der Waals surface area contributed by atoms with Crippen molar-refractivity contribution in [2.75, 3.05) is 18.9 Å². The average molecular weight is 256 g/mol. The van der Waals surface area contributed by atoms with Crippen molar-refractivity contribution in [3.8, 4) is 0 Å². The normalized spacial score (nSPS) is 14.2. The second-order valence-electron chi connectivity index (χ2n) is 5.33. The highest BCUT2D eigenvalue weighted by molar-refractivity contribution is 5.54. The molecule has 1 N–H and O–H groups in total. The molecule has 0 spiro atoms. The summed E-state index contributed by atoms with van der Waals surface area (Å²) in [5.74, 6) is 0. The number of fused-ring (bicyclic) bond motifs is 1. The third kappa shape index (κ3) is 2.99. The lowest BCUT2D eigenvalue weighted by Crippen LogP contribution is -2.18. The second-order valence-corrected chi connectivity index (χ2v) is 5.33. The van der Waals surface area contributed by atoms with Gasteiger partial charge in [0.05, 0.1) is 12.5 Å². The number of nitrogens with one attached hydrogen (secondary N) is 1. The molecule has 0 radical (unpaired) electrons. The molecule has 1 aromatic heterocycles. The van der Waals surface area contributed by atoms with Gasteiger partial charge in [0.15, 0.2) is 0 Å². The van der Waals surface area contributed by atoms with Gasteiger partial charge in [-0.2, -0.15) is 0 Å². The van der Waals surface area contributed by atoms with Crippen LogP contribution in [0.5, 0.6) is 0 Å². The van der Waals surface area contributed by atoms with Crippen LogP contribution in [-0.4, -0.2) is 18.5 Å². The van der Waals surface area contributed by atoms with Crippen molar-refractivity contribution in [2.45, 2.75) is 25.9 Å². The zero-order valence-corrected chi connectivity index (χ0v) is 11.4. The molecule has 0 amide bonds. The molecule has 100 valence electrons. The van der Waals surface area contributed by atoms with Crippen molar-refractivity contribution in [1.29, 1.82) is 0 Å². The maximum Gasteiger partial charge on any atom is 0.0947 e. The third-order valence-corrected chi connectivity index (χ3v) is 3.59. The fraction of sp³-hybridized carbons (Fsp3) is 0.375. The number of benzene rings is 1. The first kappa shape index (κ1) is 12.3. The van der Waals surface area contributed by atoms with E-state index in [2.05, 4.69) is 35.5 Å². The SMILES string of the molecule is CN(Cc1ccoc1)Cc1ccc2c(c1)CCCN2. The standard InChI is InChI=1S/C16H20N2O/c1-18(11-14-6-8-19-12-14)10-13-4-5-16-15(9-13)3-2-7-17-16/h4-6,8-9,12,17H,2-3,7,10-11H2,1H3. The lowest BCUT2D eigenvalue weighted by atomic mass is 10.0. The van der Waals surface area contributed by atoms with E-state index in [9.17, 15) is 0 Å². The van der Waals surface area contributed by atoms with Crippen molar-refractivity contribution >= 4 is 5.69 Å². The molecule has 0 saturated carbocycles. The molecule has 0 unspecified atom stereocenters. The summed E-state index contributed by atoms with van der Waals surface area (Å²) in [6, 6.07) is 8.80. The maximum absolute atomic E-state index is 5.11. The van der Waals surface area contributed by atoms with E-state index < -0.39 is 0 Å². The van der Waals surface area contributed by atoms with E-state index in [0.29, 0.717) is 0 Å². The Morgan fingerprint density at radius 1 is 1.21 bits per heavy atom. The zero-order valence-electron chi connectivity index (χ0n) is 11.4. The van der Waals surface area contributed by atoms with E-state index in [1.807, 2.05) is 12.3 Å². The van der Waals surface area contributed by atoms with E-state index in [0.717, 1.165) is 19.6 Å². The monoisotopic (exact) mass is 256 g/mol. The Labute approximate surface area is 114 Å². The predicted molar refractivity (Wildman–Crippen MR) is 77.1 cm³/mol. The van der Waals surface area contributed by atoms with E-state index >= 15 is 0 Å². The van der Waals surface area contributed by atoms with Gasteiger partial charge >= 0.3 is 0 Å². The van der Waals surface area contributed by atoms with E-state index in [-0.39, 0.29) is 0 Å². The summed E-state index contributed by atoms with van der Waals surface area (Å²) in [4.78, 5) is 2.31. The number of furan rings is 1. The first-order valence-electron chi connectivity index (χ1n) is 6.86. The van der Waals surface area contributed by atoms with Crippen LogP contribution >= 0.6 is 0 Å². The van der Waals surface area contributed by atoms with Crippen molar-refractivity contribution in [3.05, 3.63) is 53.5 Å². The number of anilines is 1. The molecule has 0 atom stereocenters. The van der Waals surface area contributed by atoms with E-state index in [1.165, 1.54) is 35.2 Å². The van der Waals surface area contributed by atoms with Gasteiger partial charge in [-0.15, -0.1) is 0 Å². The van der Waals surface area contributed by atoms with Crippen molar-refractivity contribution in [3.63, 3.8) is 0 Å². The minimum Gasteiger partial charge on any atom is -0.472 e. The Morgan fingerprint density at radius 2 is 2.11 bits per heavy atom. The number of nitrogens with zero attached hydrogens (tertiary/aromatic N) is 1. The van der Waals surface area contributed by atoms with Crippen LogP contribution in [0.1, 0.15) is 23.1 Å². The molecule has 1 aliphatic rings. The maximum atomic E-state index is 5.11. The molecule has 2 aromatic rings. The van der Waals surface area contributed by atoms with Crippen LogP contribution in [0.4, 0.5) is 5.69 Å². The van der Waals surface area contributed by atoms with Crippen LogP contribution in [0.25, 0.3) is 0 Å². The van der Waals surface area contributed by atoms with E-state index in [4.69, 9.17) is 4.42 Å². The topological polar surface area (TPSA) is 28.4 Å². The summed E-state index contributed by atoms with van der Waals surface area (Å²) in [5, 5.41) is 3.45. The largest absolute Gasteiger partial charge is 0.472 e. The molecule has 19 heavy (non-hydrogen) atoms. The molecule has 2 heterocycles. The number of rotatable bonds is 4. The van der Waals surface area contributed by atoms with E-state index in [1.54, 1.807) is 6.26 Å². The minimum absolute atomic E-state index is 0.922. The highest BCUT2D eigenvalue weighted by atomic mass is 16.3. The second kappa shape index (κ2) is 5.49. The van der Waals surface area contributed by atoms with Crippen LogP contribution in [-0.2, 0) is 19.5 Å². The fourth-order valence-corrected chi connectivity index (χ4v) is 2.69. The highest BCUT2D eigenvalue weighted by Crippen LogP contribution is 2.23. The van der Waals surface area contributed by atoms with Gasteiger partial charge in [-0.05, 0) is 43.1 Å². The Hall–Kier alpha value is -1.74. The Morgan fingerprint density at radius 3 is 2.95 bits per heavy atom. The average Bonchev–Trinajstić information content (AvgIpc) is 2.91. The molecule has 0 saturated heterocycles. The summed E-state index contributed by atoms with van der Waals surface area (Å²) >= 11 is 0. The molecule has 3 heteroatoms. The summed E-state index contributed by atoms with van der Waals surface area (Å²) in [6.45, 7) is 3.00. The first-order chi connectivity index (χ1) is 9.31. The number of hydrogen-bond donors (Lipinski definition) is 1. The van der Waals surface area contributed by atoms with Gasteiger partial charge in [-0.3, -0.25) is 4.90 Å². The smallest absolute Gasteiger partial charge is 0.0947 e. The van der Waals surface area contributed by atoms with Crippen LogP contribution in [0.15, 0.2) is 41.2 Å². The quantitative estimate of drug-likeness (QED) is 0.910. The minimum atomic E-state index is 0.922. The number of aryl methyl sites for hydroxylation is 1. The molecule has 1 aromatic carbocycles. The summed E-state index contributed by atoms with van der Waals surface area (Å²) in [7, 11) is 2.14. The number of hydrogen-bond acceptors (Lipinski definition) is 3. The molecule has 0 fully saturated rings. The van der Waals surface area contributed by atoms with Gasteiger partial charge in [0.25, 0.3) is 0 Å². The molecule has 3 nitrogen and oxygen atoms in total. The van der Waals surface area contributed by atoms with Gasteiger partial charge in [-0.1, -0.05) is 12.1 Å². The fourth-order valence-electron chi connectivity index (χ4n) is 2.69. The Bertz CT molecular complexity index is 534. The Kier molecular flexibility index (Phi) is 3.56. The molecular weight excluding hydrogens is 236 g/mol. The Balaban J connectivity index is 1.66. The van der Waals surface area contributed by atoms with Gasteiger partial charge in [-0.25, -0.2) is 0 Å². The summed E-state index contributed by atoms with van der Waals surface area (Å²) < 4.78 is 5.11. The van der Waals surface area contributed by atoms with Gasteiger partial charge < -0.3 is 9.73 Å². The van der Waals surface area contributed by atoms with Crippen LogP contribution in [0.2, 0.25) is 0 Å². The summed E-state index contributed by atoms with van der Waals surface area (Å²) in [5.41, 5.74) is 5.38. The highest BCUT2D eigenvalue weighted by Gasteiger charge is 2.10. The summed E-state index contributed by atoms with van der Waals surface area (Å²) in [6.07, 6.45) is 5.98. The molecule has 1 aliphatic heterocycles. The lowest BCUT2D eigenvalue weighted by Gasteiger charge is -2.21. The van der Waals surface area contributed by atoms with Gasteiger partial charge in [0.2, 0.25) is 0 Å².